The summed E-state index contributed by atoms with van der Waals surface area (Å²) < 4.78 is 4.90. The number of carbonyl (C=O) groups is 2. The van der Waals surface area contributed by atoms with E-state index in [0.717, 1.165) is 35.8 Å². The van der Waals surface area contributed by atoms with Gasteiger partial charge in [0.1, 0.15) is 12.2 Å². The number of hydrogen-bond acceptors (Lipinski definition) is 6. The van der Waals surface area contributed by atoms with Crippen molar-refractivity contribution in [1.82, 2.24) is 14.9 Å². The van der Waals surface area contributed by atoms with Crippen molar-refractivity contribution < 1.29 is 14.3 Å². The molecule has 7 heteroatoms. The smallest absolute Gasteiger partial charge is 0.315 e. The van der Waals surface area contributed by atoms with E-state index in [4.69, 9.17) is 9.72 Å². The normalized spacial score (nSPS) is 22.0. The number of nitrogens with zero attached hydrogens (tertiary/aromatic N) is 4. The molecular weight excluding hydrogens is 332 g/mol. The fourth-order valence-electron chi connectivity index (χ4n) is 3.67. The molecule has 3 rings (SSSR count). The van der Waals surface area contributed by atoms with E-state index in [1.165, 1.54) is 0 Å². The minimum Gasteiger partial charge on any atom is -0.466 e. The van der Waals surface area contributed by atoms with Crippen LogP contribution < -0.4 is 10.7 Å². The van der Waals surface area contributed by atoms with E-state index in [2.05, 4.69) is 23.0 Å². The average molecular weight is 358 g/mol. The van der Waals surface area contributed by atoms with E-state index >= 15 is 0 Å². The topological polar surface area (TPSA) is 84.8 Å². The molecule has 1 fully saturated rings. The fourth-order valence-corrected chi connectivity index (χ4v) is 3.67. The summed E-state index contributed by atoms with van der Waals surface area (Å²) in [6.07, 6.45) is 3.73. The molecule has 2 aliphatic rings. The lowest BCUT2D eigenvalue weighted by molar-refractivity contribution is -0.149. The Morgan fingerprint density at radius 2 is 2.15 bits per heavy atom. The van der Waals surface area contributed by atoms with Crippen LogP contribution in [0.4, 0.5) is 0 Å². The molecular formula is C19H26N4O3. The number of fused-ring (bicyclic) bond motifs is 1. The Labute approximate surface area is 153 Å². The lowest BCUT2D eigenvalue weighted by Crippen LogP contribution is -2.46. The summed E-state index contributed by atoms with van der Waals surface area (Å²) in [6.45, 7) is 8.09. The highest BCUT2D eigenvalue weighted by atomic mass is 16.5. The van der Waals surface area contributed by atoms with E-state index in [1.807, 2.05) is 6.92 Å². The summed E-state index contributed by atoms with van der Waals surface area (Å²) >= 11 is 0. The van der Waals surface area contributed by atoms with Gasteiger partial charge in [-0.25, -0.2) is 9.97 Å². The lowest BCUT2D eigenvalue weighted by Gasteiger charge is -2.37. The van der Waals surface area contributed by atoms with Gasteiger partial charge in [-0.3, -0.25) is 14.6 Å². The van der Waals surface area contributed by atoms with Crippen LogP contribution >= 0.6 is 0 Å². The standard InChI is InChI=1S/C19H26N4O3/c1-4-26-17(25)10-16(24)23-9-7-12(2)15(11-23)18-14-6-5-8-20-19(14)22-13(3)21-18/h6,12,15H,4-5,7-11H2,1-3H3/t12-,15+/m1/s1. The number of ether oxygens (including phenoxy) is 1. The summed E-state index contributed by atoms with van der Waals surface area (Å²) in [5.41, 5.74) is 1.75. The van der Waals surface area contributed by atoms with Crippen LogP contribution in [0.2, 0.25) is 0 Å². The molecule has 0 unspecified atom stereocenters. The molecule has 0 spiro atoms. The molecule has 0 bridgehead atoms. The molecule has 1 amide bonds. The maximum Gasteiger partial charge on any atom is 0.315 e. The highest BCUT2D eigenvalue weighted by Gasteiger charge is 2.32. The third-order valence-electron chi connectivity index (χ3n) is 5.07. The predicted molar refractivity (Wildman–Crippen MR) is 95.9 cm³/mol. The number of amides is 1. The first kappa shape index (κ1) is 18.5. The van der Waals surface area contributed by atoms with E-state index in [9.17, 15) is 9.59 Å². The van der Waals surface area contributed by atoms with Crippen molar-refractivity contribution in [1.29, 1.82) is 0 Å². The Hall–Kier alpha value is -2.31. The van der Waals surface area contributed by atoms with Crippen LogP contribution in [0, 0.1) is 12.8 Å². The first-order valence-corrected chi connectivity index (χ1v) is 9.32. The van der Waals surface area contributed by atoms with Gasteiger partial charge in [0.2, 0.25) is 5.91 Å². The largest absolute Gasteiger partial charge is 0.466 e. The maximum absolute atomic E-state index is 12.5. The Morgan fingerprint density at radius 3 is 2.92 bits per heavy atom. The monoisotopic (exact) mass is 358 g/mol. The first-order chi connectivity index (χ1) is 12.5. The Kier molecular flexibility index (Phi) is 5.64. The zero-order chi connectivity index (χ0) is 18.7. The maximum atomic E-state index is 12.5. The number of esters is 1. The molecule has 0 N–H and O–H groups in total. The van der Waals surface area contributed by atoms with Gasteiger partial charge in [-0.05, 0) is 32.6 Å². The second-order valence-electron chi connectivity index (χ2n) is 6.96. The van der Waals surface area contributed by atoms with Crippen molar-refractivity contribution in [2.24, 2.45) is 10.9 Å². The summed E-state index contributed by atoms with van der Waals surface area (Å²) in [7, 11) is 0. The second-order valence-corrected chi connectivity index (χ2v) is 6.96. The number of carbonyl (C=O) groups excluding carboxylic acids is 2. The van der Waals surface area contributed by atoms with Crippen molar-refractivity contribution >= 4 is 18.0 Å². The molecule has 1 aromatic rings. The van der Waals surface area contributed by atoms with Gasteiger partial charge in [-0.15, -0.1) is 0 Å². The Morgan fingerprint density at radius 1 is 1.35 bits per heavy atom. The average Bonchev–Trinajstić information content (AvgIpc) is 2.61. The van der Waals surface area contributed by atoms with Crippen LogP contribution in [0.5, 0.6) is 0 Å². The number of aryl methyl sites for hydroxylation is 1. The molecule has 3 heterocycles. The predicted octanol–water partition coefficient (Wildman–Crippen LogP) is 0.494. The second kappa shape index (κ2) is 7.93. The molecule has 0 radical (unpaired) electrons. The van der Waals surface area contributed by atoms with Crippen molar-refractivity contribution in [2.45, 2.75) is 46.0 Å². The molecule has 0 aromatic carbocycles. The molecule has 1 aromatic heterocycles. The minimum atomic E-state index is -0.463. The number of hydrogen-bond donors (Lipinski definition) is 0. The first-order valence-electron chi connectivity index (χ1n) is 9.32. The van der Waals surface area contributed by atoms with Gasteiger partial charge in [-0.2, -0.15) is 0 Å². The lowest BCUT2D eigenvalue weighted by atomic mass is 9.83. The van der Waals surface area contributed by atoms with Crippen LogP contribution in [0.25, 0.3) is 6.08 Å². The van der Waals surface area contributed by atoms with Crippen LogP contribution in [-0.2, 0) is 14.3 Å². The van der Waals surface area contributed by atoms with E-state index in [0.29, 0.717) is 24.8 Å². The molecule has 2 aliphatic heterocycles. The highest BCUT2D eigenvalue weighted by molar-refractivity contribution is 5.94. The molecule has 0 aliphatic carbocycles. The SMILES string of the molecule is CCOC(=O)CC(=O)N1CC[C@@H](C)[C@@H](c2nc(C)nc3c2=CCCN=3)C1. The Bertz CT molecular complexity index is 821. The van der Waals surface area contributed by atoms with Gasteiger partial charge in [0.25, 0.3) is 0 Å². The number of rotatable bonds is 4. The van der Waals surface area contributed by atoms with Gasteiger partial charge in [0.05, 0.1) is 12.3 Å². The minimum absolute atomic E-state index is 0.120. The fraction of sp³-hybridized carbons (Fsp3) is 0.632. The van der Waals surface area contributed by atoms with Crippen molar-refractivity contribution in [3.8, 4) is 0 Å². The van der Waals surface area contributed by atoms with E-state index in [-0.39, 0.29) is 24.9 Å². The van der Waals surface area contributed by atoms with Crippen molar-refractivity contribution in [2.75, 3.05) is 26.2 Å². The number of piperidine rings is 1. The zero-order valence-electron chi connectivity index (χ0n) is 15.7. The third kappa shape index (κ3) is 3.92. The van der Waals surface area contributed by atoms with Gasteiger partial charge >= 0.3 is 5.97 Å². The van der Waals surface area contributed by atoms with Gasteiger partial charge in [0, 0.05) is 30.8 Å². The molecule has 26 heavy (non-hydrogen) atoms. The summed E-state index contributed by atoms with van der Waals surface area (Å²) in [4.78, 5) is 39.6. The number of aromatic nitrogens is 2. The third-order valence-corrected chi connectivity index (χ3v) is 5.07. The van der Waals surface area contributed by atoms with Gasteiger partial charge in [-0.1, -0.05) is 13.0 Å². The van der Waals surface area contributed by atoms with E-state index in [1.54, 1.807) is 11.8 Å². The Balaban J connectivity index is 1.85. The van der Waals surface area contributed by atoms with Gasteiger partial charge < -0.3 is 9.64 Å². The molecule has 2 atom stereocenters. The summed E-state index contributed by atoms with van der Waals surface area (Å²) in [5.74, 6) is 0.592. The quantitative estimate of drug-likeness (QED) is 0.578. The molecule has 7 nitrogen and oxygen atoms in total. The van der Waals surface area contributed by atoms with E-state index < -0.39 is 5.97 Å². The zero-order valence-corrected chi connectivity index (χ0v) is 15.7. The van der Waals surface area contributed by atoms with Gasteiger partial charge in [0.15, 0.2) is 5.49 Å². The molecule has 140 valence electrons. The van der Waals surface area contributed by atoms with Crippen molar-refractivity contribution in [3.05, 3.63) is 22.2 Å². The van der Waals surface area contributed by atoms with Crippen LogP contribution in [0.15, 0.2) is 4.99 Å². The molecule has 1 saturated heterocycles. The molecule has 0 saturated carbocycles. The number of likely N-dealkylation sites (tertiary alicyclic amines) is 1. The van der Waals surface area contributed by atoms with Crippen LogP contribution in [-0.4, -0.2) is 53.0 Å². The summed E-state index contributed by atoms with van der Waals surface area (Å²) in [6, 6.07) is 0. The van der Waals surface area contributed by atoms with Crippen LogP contribution in [0.1, 0.15) is 50.5 Å². The summed E-state index contributed by atoms with van der Waals surface area (Å²) in [5, 5.41) is 1.01. The van der Waals surface area contributed by atoms with Crippen LogP contribution in [0.3, 0.4) is 0 Å². The van der Waals surface area contributed by atoms with Crippen molar-refractivity contribution in [3.63, 3.8) is 0 Å². The highest BCUT2D eigenvalue weighted by Crippen LogP contribution is 2.30.